The maximum absolute atomic E-state index is 11.9. The number of hydrogen-bond donors (Lipinski definition) is 0. The van der Waals surface area contributed by atoms with Gasteiger partial charge in [-0.2, -0.15) is 0 Å². The lowest BCUT2D eigenvalue weighted by Gasteiger charge is -2.36. The van der Waals surface area contributed by atoms with E-state index in [1.54, 1.807) is 0 Å². The topological polar surface area (TPSA) is 20.3 Å². The molecule has 1 saturated heterocycles. The van der Waals surface area contributed by atoms with Crippen molar-refractivity contribution in [2.24, 2.45) is 11.8 Å². The summed E-state index contributed by atoms with van der Waals surface area (Å²) in [4.78, 5) is 13.8. The average molecular weight is 392 g/mol. The minimum absolute atomic E-state index is 0.0518. The van der Waals surface area contributed by atoms with Crippen LogP contribution in [-0.2, 0) is 4.79 Å². The van der Waals surface area contributed by atoms with Crippen LogP contribution in [-0.4, -0.2) is 26.0 Å². The molecule has 1 aliphatic heterocycles. The van der Waals surface area contributed by atoms with Crippen LogP contribution in [0.25, 0.3) is 0 Å². The number of nitrogens with zero attached hydrogens (tertiary/aromatic N) is 1. The molecule has 0 aromatic rings. The SMILES string of the molecule is CC1CC(C)CN(C(=O)C(Br)(Br)Br)C1. The van der Waals surface area contributed by atoms with E-state index in [1.807, 2.05) is 4.90 Å². The molecule has 1 aliphatic rings. The Labute approximate surface area is 110 Å². The van der Waals surface area contributed by atoms with Gasteiger partial charge in [-0.15, -0.1) is 0 Å². The van der Waals surface area contributed by atoms with Crippen LogP contribution in [0.4, 0.5) is 0 Å². The standard InChI is InChI=1S/C9H14Br3NO/c1-6-3-7(2)5-13(4-6)8(14)9(10,11)12/h6-7H,3-5H2,1-2H3. The van der Waals surface area contributed by atoms with Crippen molar-refractivity contribution in [3.63, 3.8) is 0 Å². The summed E-state index contributed by atoms with van der Waals surface area (Å²) in [5.74, 6) is 1.24. The van der Waals surface area contributed by atoms with Gasteiger partial charge in [-0.05, 0) is 66.0 Å². The minimum Gasteiger partial charge on any atom is -0.339 e. The largest absolute Gasteiger partial charge is 0.339 e. The molecule has 0 aromatic carbocycles. The highest BCUT2D eigenvalue weighted by atomic mass is 80.0. The van der Waals surface area contributed by atoms with Crippen LogP contribution in [0.15, 0.2) is 0 Å². The van der Waals surface area contributed by atoms with Crippen molar-refractivity contribution in [2.45, 2.75) is 22.4 Å². The zero-order valence-electron chi connectivity index (χ0n) is 8.27. The molecule has 1 rings (SSSR count). The first-order valence-corrected chi connectivity index (χ1v) is 7.04. The fourth-order valence-electron chi connectivity index (χ4n) is 2.01. The van der Waals surface area contributed by atoms with Gasteiger partial charge in [0.05, 0.1) is 0 Å². The van der Waals surface area contributed by atoms with E-state index in [1.165, 1.54) is 6.42 Å². The molecule has 82 valence electrons. The van der Waals surface area contributed by atoms with Crippen molar-refractivity contribution >= 4 is 53.7 Å². The van der Waals surface area contributed by atoms with Gasteiger partial charge in [0.2, 0.25) is 2.14 Å². The van der Waals surface area contributed by atoms with Gasteiger partial charge in [0.1, 0.15) is 0 Å². The monoisotopic (exact) mass is 389 g/mol. The zero-order chi connectivity index (χ0) is 10.9. The number of hydrogen-bond acceptors (Lipinski definition) is 1. The van der Waals surface area contributed by atoms with E-state index >= 15 is 0 Å². The normalized spacial score (nSPS) is 29.1. The number of rotatable bonds is 0. The van der Waals surface area contributed by atoms with Crippen LogP contribution in [0.2, 0.25) is 0 Å². The van der Waals surface area contributed by atoms with Crippen LogP contribution in [0.5, 0.6) is 0 Å². The van der Waals surface area contributed by atoms with Crippen molar-refractivity contribution in [3.05, 3.63) is 0 Å². The number of halogens is 3. The summed E-state index contributed by atoms with van der Waals surface area (Å²) >= 11 is 9.78. The molecular formula is C9H14Br3NO. The van der Waals surface area contributed by atoms with E-state index in [4.69, 9.17) is 0 Å². The quantitative estimate of drug-likeness (QED) is 0.580. The van der Waals surface area contributed by atoms with Crippen LogP contribution in [0.1, 0.15) is 20.3 Å². The van der Waals surface area contributed by atoms with Crippen molar-refractivity contribution < 1.29 is 4.79 Å². The highest BCUT2D eigenvalue weighted by Crippen LogP contribution is 2.37. The Bertz CT molecular complexity index is 217. The van der Waals surface area contributed by atoms with Crippen LogP contribution in [0, 0.1) is 11.8 Å². The first-order valence-electron chi connectivity index (χ1n) is 4.66. The predicted octanol–water partition coefficient (Wildman–Crippen LogP) is 3.33. The highest BCUT2D eigenvalue weighted by molar-refractivity contribution is 9.40. The third kappa shape index (κ3) is 3.49. The van der Waals surface area contributed by atoms with Crippen LogP contribution >= 0.6 is 47.8 Å². The summed E-state index contributed by atoms with van der Waals surface area (Å²) in [5, 5.41) is 0. The Morgan fingerprint density at radius 3 is 2.00 bits per heavy atom. The van der Waals surface area contributed by atoms with Crippen LogP contribution < -0.4 is 0 Å². The second-order valence-corrected chi connectivity index (χ2v) is 10.9. The fourth-order valence-corrected chi connectivity index (χ4v) is 2.76. The van der Waals surface area contributed by atoms with Gasteiger partial charge >= 0.3 is 0 Å². The summed E-state index contributed by atoms with van der Waals surface area (Å²) in [5.41, 5.74) is 0. The molecule has 1 heterocycles. The third-order valence-corrected chi connectivity index (χ3v) is 3.42. The molecular weight excluding hydrogens is 378 g/mol. The molecule has 0 radical (unpaired) electrons. The third-order valence-electron chi connectivity index (χ3n) is 2.40. The fraction of sp³-hybridized carbons (Fsp3) is 0.889. The summed E-state index contributed by atoms with van der Waals surface area (Å²) in [6.45, 7) is 6.09. The molecule has 0 saturated carbocycles. The minimum atomic E-state index is -0.788. The second-order valence-electron chi connectivity index (χ2n) is 4.15. The van der Waals surface area contributed by atoms with Crippen molar-refractivity contribution in [2.75, 3.05) is 13.1 Å². The van der Waals surface area contributed by atoms with Gasteiger partial charge < -0.3 is 4.90 Å². The lowest BCUT2D eigenvalue weighted by molar-refractivity contribution is -0.131. The smallest absolute Gasteiger partial charge is 0.261 e. The van der Waals surface area contributed by atoms with E-state index in [0.717, 1.165) is 13.1 Å². The molecule has 5 heteroatoms. The molecule has 0 spiro atoms. The number of alkyl halides is 3. The Hall–Kier alpha value is 0.910. The molecule has 14 heavy (non-hydrogen) atoms. The Balaban J connectivity index is 2.64. The molecule has 0 bridgehead atoms. The molecule has 1 fully saturated rings. The maximum atomic E-state index is 11.9. The van der Waals surface area contributed by atoms with Gasteiger partial charge in [-0.1, -0.05) is 13.8 Å². The van der Waals surface area contributed by atoms with Gasteiger partial charge in [0.15, 0.2) is 0 Å². The summed E-state index contributed by atoms with van der Waals surface area (Å²) in [7, 11) is 0. The van der Waals surface area contributed by atoms with Crippen molar-refractivity contribution in [1.29, 1.82) is 0 Å². The van der Waals surface area contributed by atoms with E-state index in [2.05, 4.69) is 61.6 Å². The Morgan fingerprint density at radius 1 is 1.21 bits per heavy atom. The van der Waals surface area contributed by atoms with Gasteiger partial charge in [-0.25, -0.2) is 0 Å². The number of piperidine rings is 1. The van der Waals surface area contributed by atoms with Gasteiger partial charge in [-0.3, -0.25) is 4.79 Å². The van der Waals surface area contributed by atoms with Gasteiger partial charge in [0.25, 0.3) is 5.91 Å². The number of likely N-dealkylation sites (tertiary alicyclic amines) is 1. The summed E-state index contributed by atoms with van der Waals surface area (Å²) in [6, 6.07) is 0. The molecule has 0 N–H and O–H groups in total. The summed E-state index contributed by atoms with van der Waals surface area (Å²) < 4.78 is -0.788. The second kappa shape index (κ2) is 4.83. The number of carbonyl (C=O) groups excluding carboxylic acids is 1. The van der Waals surface area contributed by atoms with Crippen molar-refractivity contribution in [3.8, 4) is 0 Å². The lowest BCUT2D eigenvalue weighted by atomic mass is 9.92. The van der Waals surface area contributed by atoms with E-state index in [-0.39, 0.29) is 5.91 Å². The lowest BCUT2D eigenvalue weighted by Crippen LogP contribution is -2.46. The molecule has 2 nitrogen and oxygen atoms in total. The molecule has 2 atom stereocenters. The molecule has 2 unspecified atom stereocenters. The zero-order valence-corrected chi connectivity index (χ0v) is 13.0. The summed E-state index contributed by atoms with van der Waals surface area (Å²) in [6.07, 6.45) is 1.21. The average Bonchev–Trinajstić information content (AvgIpc) is 1.99. The van der Waals surface area contributed by atoms with E-state index in [0.29, 0.717) is 11.8 Å². The molecule has 0 aromatic heterocycles. The van der Waals surface area contributed by atoms with Gasteiger partial charge in [0, 0.05) is 13.1 Å². The molecule has 0 aliphatic carbocycles. The van der Waals surface area contributed by atoms with Crippen molar-refractivity contribution in [1.82, 2.24) is 4.90 Å². The van der Waals surface area contributed by atoms with E-state index in [9.17, 15) is 4.79 Å². The Morgan fingerprint density at radius 2 is 1.64 bits per heavy atom. The molecule has 1 amide bonds. The highest BCUT2D eigenvalue weighted by Gasteiger charge is 2.36. The first-order chi connectivity index (χ1) is 6.30. The number of carbonyl (C=O) groups is 1. The first kappa shape index (κ1) is 13.0. The Kier molecular flexibility index (Phi) is 4.48. The predicted molar refractivity (Wildman–Crippen MR) is 69.0 cm³/mol. The number of amides is 1. The maximum Gasteiger partial charge on any atom is 0.261 e. The van der Waals surface area contributed by atoms with Crippen LogP contribution in [0.3, 0.4) is 0 Å². The van der Waals surface area contributed by atoms with E-state index < -0.39 is 2.14 Å².